The standard InChI is InChI=1S/C14H18F3NO3/c1-19-12-3-2-10(21-14(15,16)17)8-11(12)13(18)9-4-6-20-7-5-9/h2-3,8-9,13H,4-7,18H2,1H3/t13-/m1/s1. The summed E-state index contributed by atoms with van der Waals surface area (Å²) in [5, 5.41) is 0. The Bertz CT molecular complexity index is 473. The van der Waals surface area contributed by atoms with Gasteiger partial charge in [0, 0.05) is 24.8 Å². The summed E-state index contributed by atoms with van der Waals surface area (Å²) >= 11 is 0. The van der Waals surface area contributed by atoms with E-state index in [2.05, 4.69) is 4.74 Å². The van der Waals surface area contributed by atoms with Crippen molar-refractivity contribution in [1.29, 1.82) is 0 Å². The summed E-state index contributed by atoms with van der Waals surface area (Å²) in [6, 6.07) is 3.54. The molecule has 0 bridgehead atoms. The van der Waals surface area contributed by atoms with Gasteiger partial charge in [0.1, 0.15) is 11.5 Å². The van der Waals surface area contributed by atoms with Crippen molar-refractivity contribution in [2.75, 3.05) is 20.3 Å². The SMILES string of the molecule is COc1ccc(OC(F)(F)F)cc1[C@H](N)C1CCOCC1. The second-order valence-corrected chi connectivity index (χ2v) is 4.93. The zero-order valence-corrected chi connectivity index (χ0v) is 11.7. The van der Waals surface area contributed by atoms with Gasteiger partial charge in [0.2, 0.25) is 0 Å². The normalized spacial score (nSPS) is 18.3. The molecule has 1 aromatic carbocycles. The van der Waals surface area contributed by atoms with Crippen LogP contribution in [0.15, 0.2) is 18.2 Å². The van der Waals surface area contributed by atoms with Crippen molar-refractivity contribution in [2.24, 2.45) is 11.7 Å². The number of rotatable bonds is 4. The minimum atomic E-state index is -4.73. The van der Waals surface area contributed by atoms with Gasteiger partial charge in [0.15, 0.2) is 0 Å². The number of alkyl halides is 3. The predicted octanol–water partition coefficient (Wildman–Crippen LogP) is 3.02. The Labute approximate surface area is 121 Å². The van der Waals surface area contributed by atoms with E-state index in [4.69, 9.17) is 15.2 Å². The second kappa shape index (κ2) is 6.53. The Morgan fingerprint density at radius 1 is 1.29 bits per heavy atom. The molecule has 118 valence electrons. The van der Waals surface area contributed by atoms with Crippen molar-refractivity contribution >= 4 is 0 Å². The van der Waals surface area contributed by atoms with E-state index in [1.54, 1.807) is 0 Å². The van der Waals surface area contributed by atoms with Crippen LogP contribution in [0.25, 0.3) is 0 Å². The molecular weight excluding hydrogens is 287 g/mol. The summed E-state index contributed by atoms with van der Waals surface area (Å²) in [5.41, 5.74) is 6.73. The minimum absolute atomic E-state index is 0.147. The van der Waals surface area contributed by atoms with Crippen molar-refractivity contribution in [3.63, 3.8) is 0 Å². The van der Waals surface area contributed by atoms with Crippen LogP contribution in [-0.4, -0.2) is 26.7 Å². The molecule has 0 radical (unpaired) electrons. The van der Waals surface area contributed by atoms with Gasteiger partial charge in [-0.05, 0) is 37.0 Å². The van der Waals surface area contributed by atoms with E-state index in [0.29, 0.717) is 24.5 Å². The van der Waals surface area contributed by atoms with Crippen molar-refractivity contribution in [3.8, 4) is 11.5 Å². The fourth-order valence-corrected chi connectivity index (χ4v) is 2.50. The molecule has 0 aromatic heterocycles. The maximum atomic E-state index is 12.3. The second-order valence-electron chi connectivity index (χ2n) is 4.93. The Morgan fingerprint density at radius 3 is 2.52 bits per heavy atom. The quantitative estimate of drug-likeness (QED) is 0.929. The highest BCUT2D eigenvalue weighted by atomic mass is 19.4. The van der Waals surface area contributed by atoms with Crippen LogP contribution in [0.5, 0.6) is 11.5 Å². The fraction of sp³-hybridized carbons (Fsp3) is 0.571. The van der Waals surface area contributed by atoms with Gasteiger partial charge in [0.05, 0.1) is 7.11 Å². The topological polar surface area (TPSA) is 53.7 Å². The molecule has 2 N–H and O–H groups in total. The third kappa shape index (κ3) is 4.25. The van der Waals surface area contributed by atoms with Crippen LogP contribution in [0, 0.1) is 5.92 Å². The number of halogens is 3. The van der Waals surface area contributed by atoms with Gasteiger partial charge < -0.3 is 19.9 Å². The highest BCUT2D eigenvalue weighted by molar-refractivity contribution is 5.42. The first kappa shape index (κ1) is 15.9. The summed E-state index contributed by atoms with van der Waals surface area (Å²) in [5.74, 6) is 0.318. The molecule has 1 aliphatic heterocycles. The van der Waals surface area contributed by atoms with E-state index in [0.717, 1.165) is 12.8 Å². The number of benzene rings is 1. The Kier molecular flexibility index (Phi) is 4.95. The molecule has 4 nitrogen and oxygen atoms in total. The van der Waals surface area contributed by atoms with Gasteiger partial charge in [-0.3, -0.25) is 0 Å². The molecule has 1 atom stereocenters. The summed E-state index contributed by atoms with van der Waals surface area (Å²) in [4.78, 5) is 0. The van der Waals surface area contributed by atoms with Gasteiger partial charge in [-0.25, -0.2) is 0 Å². The molecule has 1 aliphatic rings. The van der Waals surface area contributed by atoms with E-state index in [1.165, 1.54) is 25.3 Å². The number of hydrogen-bond donors (Lipinski definition) is 1. The van der Waals surface area contributed by atoms with E-state index < -0.39 is 12.4 Å². The van der Waals surface area contributed by atoms with E-state index in [9.17, 15) is 13.2 Å². The molecule has 21 heavy (non-hydrogen) atoms. The molecule has 0 saturated carbocycles. The lowest BCUT2D eigenvalue weighted by Gasteiger charge is -2.29. The van der Waals surface area contributed by atoms with Crippen LogP contribution >= 0.6 is 0 Å². The third-order valence-corrected chi connectivity index (χ3v) is 3.57. The molecule has 1 fully saturated rings. The largest absolute Gasteiger partial charge is 0.573 e. The molecule has 1 heterocycles. The summed E-state index contributed by atoms with van der Waals surface area (Å²) in [7, 11) is 1.46. The van der Waals surface area contributed by atoms with Crippen molar-refractivity contribution < 1.29 is 27.4 Å². The maximum absolute atomic E-state index is 12.3. The first-order valence-corrected chi connectivity index (χ1v) is 6.67. The van der Waals surface area contributed by atoms with Crippen LogP contribution in [-0.2, 0) is 4.74 Å². The average molecular weight is 305 g/mol. The number of ether oxygens (including phenoxy) is 3. The van der Waals surface area contributed by atoms with Crippen molar-refractivity contribution in [3.05, 3.63) is 23.8 Å². The molecule has 0 amide bonds. The lowest BCUT2D eigenvalue weighted by atomic mass is 9.87. The predicted molar refractivity (Wildman–Crippen MR) is 70.1 cm³/mol. The van der Waals surface area contributed by atoms with E-state index in [1.807, 2.05) is 0 Å². The highest BCUT2D eigenvalue weighted by Crippen LogP contribution is 2.36. The average Bonchev–Trinajstić information content (AvgIpc) is 2.45. The van der Waals surface area contributed by atoms with Crippen molar-refractivity contribution in [2.45, 2.75) is 25.2 Å². The van der Waals surface area contributed by atoms with Crippen LogP contribution in [0.1, 0.15) is 24.4 Å². The van der Waals surface area contributed by atoms with Gasteiger partial charge in [-0.2, -0.15) is 0 Å². The van der Waals surface area contributed by atoms with Gasteiger partial charge in [0.25, 0.3) is 0 Å². The van der Waals surface area contributed by atoms with Crippen LogP contribution in [0.4, 0.5) is 13.2 Å². The van der Waals surface area contributed by atoms with Gasteiger partial charge >= 0.3 is 6.36 Å². The first-order valence-electron chi connectivity index (χ1n) is 6.67. The molecule has 1 aromatic rings. The molecule has 2 rings (SSSR count). The number of nitrogens with two attached hydrogens (primary N) is 1. The minimum Gasteiger partial charge on any atom is -0.496 e. The fourth-order valence-electron chi connectivity index (χ4n) is 2.50. The summed E-state index contributed by atoms with van der Waals surface area (Å²) in [6.45, 7) is 1.22. The van der Waals surface area contributed by atoms with Crippen LogP contribution in [0.2, 0.25) is 0 Å². The van der Waals surface area contributed by atoms with Crippen molar-refractivity contribution in [1.82, 2.24) is 0 Å². The molecule has 0 spiro atoms. The van der Waals surface area contributed by atoms with Gasteiger partial charge in [-0.1, -0.05) is 0 Å². The highest BCUT2D eigenvalue weighted by Gasteiger charge is 2.32. The Morgan fingerprint density at radius 2 is 1.95 bits per heavy atom. The van der Waals surface area contributed by atoms with Gasteiger partial charge in [-0.15, -0.1) is 13.2 Å². The summed E-state index contributed by atoms with van der Waals surface area (Å²) in [6.07, 6.45) is -3.18. The lowest BCUT2D eigenvalue weighted by Crippen LogP contribution is -2.28. The molecule has 7 heteroatoms. The van der Waals surface area contributed by atoms with Crippen LogP contribution < -0.4 is 15.2 Å². The zero-order chi connectivity index (χ0) is 15.5. The molecule has 0 unspecified atom stereocenters. The molecule has 0 aliphatic carbocycles. The Balaban J connectivity index is 2.24. The maximum Gasteiger partial charge on any atom is 0.573 e. The van der Waals surface area contributed by atoms with E-state index >= 15 is 0 Å². The lowest BCUT2D eigenvalue weighted by molar-refractivity contribution is -0.274. The summed E-state index contributed by atoms with van der Waals surface area (Å²) < 4.78 is 51.3. The number of hydrogen-bond acceptors (Lipinski definition) is 4. The zero-order valence-electron chi connectivity index (χ0n) is 11.7. The first-order chi connectivity index (χ1) is 9.90. The monoisotopic (exact) mass is 305 g/mol. The third-order valence-electron chi connectivity index (χ3n) is 3.57. The van der Waals surface area contributed by atoms with Crippen LogP contribution in [0.3, 0.4) is 0 Å². The molecule has 1 saturated heterocycles. The Hall–Kier alpha value is -1.47. The van der Waals surface area contributed by atoms with E-state index in [-0.39, 0.29) is 11.7 Å². The number of methoxy groups -OCH3 is 1. The smallest absolute Gasteiger partial charge is 0.496 e. The molecular formula is C14H18F3NO3.